The zero-order valence-corrected chi connectivity index (χ0v) is 7.06. The van der Waals surface area contributed by atoms with Crippen molar-refractivity contribution in [2.45, 2.75) is 26.7 Å². The first-order chi connectivity index (χ1) is 4.70. The van der Waals surface area contributed by atoms with Crippen LogP contribution in [0.5, 0.6) is 0 Å². The molecule has 10 heavy (non-hydrogen) atoms. The number of allylic oxidation sites excluding steroid dienone is 1. The van der Waals surface area contributed by atoms with E-state index in [1.54, 1.807) is 0 Å². The summed E-state index contributed by atoms with van der Waals surface area (Å²) in [6.07, 6.45) is 2.53. The molecule has 0 aromatic heterocycles. The molecule has 1 heterocycles. The second-order valence-electron chi connectivity index (χ2n) is 3.51. The third kappa shape index (κ3) is 1.76. The van der Waals surface area contributed by atoms with Crippen molar-refractivity contribution in [1.82, 2.24) is 4.90 Å². The van der Waals surface area contributed by atoms with Crippen LogP contribution < -0.4 is 0 Å². The topological polar surface area (TPSA) is 3.24 Å². The fourth-order valence-electron chi connectivity index (χ4n) is 1.45. The van der Waals surface area contributed by atoms with Gasteiger partial charge in [-0.05, 0) is 18.8 Å². The van der Waals surface area contributed by atoms with Crippen LogP contribution in [0.25, 0.3) is 0 Å². The van der Waals surface area contributed by atoms with Crippen molar-refractivity contribution in [1.29, 1.82) is 0 Å². The van der Waals surface area contributed by atoms with E-state index in [0.717, 1.165) is 5.92 Å². The number of hydrogen-bond donors (Lipinski definition) is 0. The summed E-state index contributed by atoms with van der Waals surface area (Å²) >= 11 is 0. The summed E-state index contributed by atoms with van der Waals surface area (Å²) in [4.78, 5) is 2.41. The molecule has 0 bridgehead atoms. The van der Waals surface area contributed by atoms with Crippen molar-refractivity contribution < 1.29 is 0 Å². The van der Waals surface area contributed by atoms with Crippen LogP contribution in [-0.4, -0.2) is 18.0 Å². The molecular weight excluding hydrogens is 122 g/mol. The molecule has 0 aromatic rings. The Hall–Kier alpha value is -0.460. The smallest absolute Gasteiger partial charge is 0.0197 e. The molecule has 0 saturated carbocycles. The summed E-state index contributed by atoms with van der Waals surface area (Å²) in [6.45, 7) is 11.0. The predicted octanol–water partition coefficient (Wildman–Crippen LogP) is 2.25. The van der Waals surface area contributed by atoms with Gasteiger partial charge in [-0.15, -0.1) is 0 Å². The fourth-order valence-corrected chi connectivity index (χ4v) is 1.45. The van der Waals surface area contributed by atoms with Crippen molar-refractivity contribution in [2.75, 3.05) is 13.1 Å². The van der Waals surface area contributed by atoms with Crippen LogP contribution >= 0.6 is 0 Å². The van der Waals surface area contributed by atoms with Gasteiger partial charge in [0, 0.05) is 18.8 Å². The van der Waals surface area contributed by atoms with E-state index >= 15 is 0 Å². The highest BCUT2D eigenvalue weighted by Gasteiger charge is 2.14. The van der Waals surface area contributed by atoms with Gasteiger partial charge in [-0.3, -0.25) is 0 Å². The summed E-state index contributed by atoms with van der Waals surface area (Å²) in [7, 11) is 0. The van der Waals surface area contributed by atoms with Crippen molar-refractivity contribution in [2.24, 2.45) is 5.92 Å². The highest BCUT2D eigenvalue weighted by molar-refractivity contribution is 4.99. The van der Waals surface area contributed by atoms with Crippen LogP contribution in [-0.2, 0) is 0 Å². The monoisotopic (exact) mass is 139 g/mol. The first-order valence-electron chi connectivity index (χ1n) is 4.13. The maximum atomic E-state index is 4.01. The first-order valence-corrected chi connectivity index (χ1v) is 4.13. The Balaban J connectivity index is 2.33. The van der Waals surface area contributed by atoms with E-state index in [4.69, 9.17) is 0 Å². The molecular formula is C9H17N. The summed E-state index contributed by atoms with van der Waals surface area (Å²) < 4.78 is 0. The molecule has 1 aliphatic rings. The molecule has 1 aliphatic heterocycles. The van der Waals surface area contributed by atoms with Crippen LogP contribution in [0.2, 0.25) is 0 Å². The fraction of sp³-hybridized carbons (Fsp3) is 0.778. The van der Waals surface area contributed by atoms with Crippen LogP contribution in [0.1, 0.15) is 26.7 Å². The van der Waals surface area contributed by atoms with E-state index in [1.807, 2.05) is 0 Å². The van der Waals surface area contributed by atoms with Gasteiger partial charge in [-0.2, -0.15) is 0 Å². The Morgan fingerprint density at radius 3 is 2.70 bits per heavy atom. The number of rotatable bonds is 2. The molecule has 1 rings (SSSR count). The summed E-state index contributed by atoms with van der Waals surface area (Å²) in [5.41, 5.74) is 1.34. The SMILES string of the molecule is C=C1CCCN1CC(C)C. The molecule has 0 unspecified atom stereocenters. The number of likely N-dealkylation sites (tertiary alicyclic amines) is 1. The number of nitrogens with zero attached hydrogens (tertiary/aromatic N) is 1. The van der Waals surface area contributed by atoms with Gasteiger partial charge in [-0.1, -0.05) is 20.4 Å². The average molecular weight is 139 g/mol. The Kier molecular flexibility index (Phi) is 2.36. The number of hydrogen-bond acceptors (Lipinski definition) is 1. The van der Waals surface area contributed by atoms with Crippen LogP contribution in [0.4, 0.5) is 0 Å². The van der Waals surface area contributed by atoms with Crippen molar-refractivity contribution in [3.05, 3.63) is 12.3 Å². The molecule has 0 aromatic carbocycles. The maximum absolute atomic E-state index is 4.01. The van der Waals surface area contributed by atoms with Gasteiger partial charge in [0.2, 0.25) is 0 Å². The van der Waals surface area contributed by atoms with E-state index < -0.39 is 0 Å². The van der Waals surface area contributed by atoms with Gasteiger partial charge in [-0.25, -0.2) is 0 Å². The highest BCUT2D eigenvalue weighted by atomic mass is 15.1. The Bertz CT molecular complexity index is 127. The lowest BCUT2D eigenvalue weighted by Gasteiger charge is -2.20. The van der Waals surface area contributed by atoms with Crippen molar-refractivity contribution in [3.8, 4) is 0 Å². The van der Waals surface area contributed by atoms with Gasteiger partial charge in [0.1, 0.15) is 0 Å². The highest BCUT2D eigenvalue weighted by Crippen LogP contribution is 2.19. The van der Waals surface area contributed by atoms with Crippen LogP contribution in [0.3, 0.4) is 0 Å². The normalized spacial score (nSPS) is 19.1. The minimum Gasteiger partial charge on any atom is -0.375 e. The lowest BCUT2D eigenvalue weighted by atomic mass is 10.2. The summed E-state index contributed by atoms with van der Waals surface area (Å²) in [6, 6.07) is 0. The third-order valence-corrected chi connectivity index (χ3v) is 1.93. The van der Waals surface area contributed by atoms with E-state index in [0.29, 0.717) is 0 Å². The third-order valence-electron chi connectivity index (χ3n) is 1.93. The predicted molar refractivity (Wildman–Crippen MR) is 44.8 cm³/mol. The maximum Gasteiger partial charge on any atom is 0.0197 e. The Morgan fingerprint density at radius 1 is 1.60 bits per heavy atom. The van der Waals surface area contributed by atoms with Crippen LogP contribution in [0, 0.1) is 5.92 Å². The lowest BCUT2D eigenvalue weighted by molar-refractivity contribution is 0.343. The molecule has 1 nitrogen and oxygen atoms in total. The molecule has 0 N–H and O–H groups in total. The summed E-state index contributed by atoms with van der Waals surface area (Å²) in [5.74, 6) is 0.773. The zero-order valence-electron chi connectivity index (χ0n) is 7.06. The quantitative estimate of drug-likeness (QED) is 0.567. The first kappa shape index (κ1) is 7.64. The molecule has 1 fully saturated rings. The molecule has 0 spiro atoms. The summed E-state index contributed by atoms with van der Waals surface area (Å²) in [5, 5.41) is 0. The van der Waals surface area contributed by atoms with Crippen molar-refractivity contribution in [3.63, 3.8) is 0 Å². The minimum atomic E-state index is 0.773. The van der Waals surface area contributed by atoms with E-state index in [2.05, 4.69) is 25.3 Å². The van der Waals surface area contributed by atoms with E-state index in [-0.39, 0.29) is 0 Å². The molecule has 0 amide bonds. The van der Waals surface area contributed by atoms with Gasteiger partial charge in [0.15, 0.2) is 0 Å². The van der Waals surface area contributed by atoms with E-state index in [1.165, 1.54) is 31.6 Å². The van der Waals surface area contributed by atoms with Crippen LogP contribution in [0.15, 0.2) is 12.3 Å². The van der Waals surface area contributed by atoms with Gasteiger partial charge >= 0.3 is 0 Å². The second-order valence-corrected chi connectivity index (χ2v) is 3.51. The van der Waals surface area contributed by atoms with E-state index in [9.17, 15) is 0 Å². The molecule has 0 radical (unpaired) electrons. The minimum absolute atomic E-state index is 0.773. The Labute approximate surface area is 63.7 Å². The average Bonchev–Trinajstić information content (AvgIpc) is 2.15. The largest absolute Gasteiger partial charge is 0.375 e. The Morgan fingerprint density at radius 2 is 2.30 bits per heavy atom. The second kappa shape index (κ2) is 3.09. The molecule has 0 aliphatic carbocycles. The van der Waals surface area contributed by atoms with Gasteiger partial charge in [0.05, 0.1) is 0 Å². The lowest BCUT2D eigenvalue weighted by Crippen LogP contribution is -2.22. The van der Waals surface area contributed by atoms with Gasteiger partial charge in [0.25, 0.3) is 0 Å². The molecule has 58 valence electrons. The molecule has 1 saturated heterocycles. The standard InChI is InChI=1S/C9H17N/c1-8(2)7-10-6-4-5-9(10)3/h8H,3-7H2,1-2H3. The van der Waals surface area contributed by atoms with Gasteiger partial charge < -0.3 is 4.90 Å². The molecule has 0 atom stereocenters. The van der Waals surface area contributed by atoms with Crippen molar-refractivity contribution >= 4 is 0 Å². The zero-order chi connectivity index (χ0) is 7.56. The molecule has 1 heteroatoms.